The number of hydrazine groups is 1. The van der Waals surface area contributed by atoms with Crippen molar-refractivity contribution < 1.29 is 5.11 Å². The van der Waals surface area contributed by atoms with E-state index in [1.54, 1.807) is 11.9 Å². The zero-order valence-corrected chi connectivity index (χ0v) is 8.01. The number of benzene rings is 1. The standard InChI is InChI=1S/C8H11N3OS/c1-11-6-4-2-3-5-7(6)13-8(11,12)10-9/h2-5,10,12H,9H2,1H3/t8-/m0/s1. The van der Waals surface area contributed by atoms with Crippen molar-refractivity contribution in [1.82, 2.24) is 5.43 Å². The summed E-state index contributed by atoms with van der Waals surface area (Å²) in [5.41, 5.74) is 3.36. The van der Waals surface area contributed by atoms with Crippen molar-refractivity contribution in [2.75, 3.05) is 11.9 Å². The number of rotatable bonds is 1. The second-order valence-electron chi connectivity index (χ2n) is 2.88. The van der Waals surface area contributed by atoms with Gasteiger partial charge in [-0.3, -0.25) is 5.84 Å². The summed E-state index contributed by atoms with van der Waals surface area (Å²) in [6.45, 7) is 0. The fraction of sp³-hybridized carbons (Fsp3) is 0.250. The molecule has 1 heterocycles. The SMILES string of the molecule is CN1c2ccccc2S[C@@]1(O)NN. The molecule has 2 rings (SSSR count). The number of fused-ring (bicyclic) bond motifs is 1. The molecule has 5 heteroatoms. The summed E-state index contributed by atoms with van der Waals surface area (Å²) < 4.78 is 0. The quantitative estimate of drug-likeness (QED) is 0.343. The summed E-state index contributed by atoms with van der Waals surface area (Å²) in [7, 11) is 1.79. The fourth-order valence-corrected chi connectivity index (χ4v) is 2.39. The first kappa shape index (κ1) is 8.83. The second-order valence-corrected chi connectivity index (χ2v) is 4.09. The zero-order chi connectivity index (χ0) is 9.47. The molecule has 0 aliphatic carbocycles. The van der Waals surface area contributed by atoms with Crippen molar-refractivity contribution in [1.29, 1.82) is 0 Å². The number of nitrogens with zero attached hydrogens (tertiary/aromatic N) is 1. The van der Waals surface area contributed by atoms with Crippen molar-refractivity contribution in [3.8, 4) is 0 Å². The van der Waals surface area contributed by atoms with Crippen LogP contribution in [0.4, 0.5) is 5.69 Å². The Kier molecular flexibility index (Phi) is 1.96. The van der Waals surface area contributed by atoms with Crippen molar-refractivity contribution in [2.24, 2.45) is 5.84 Å². The van der Waals surface area contributed by atoms with Gasteiger partial charge >= 0.3 is 0 Å². The lowest BCUT2D eigenvalue weighted by atomic mass is 10.3. The molecule has 0 fully saturated rings. The largest absolute Gasteiger partial charge is 0.349 e. The lowest BCUT2D eigenvalue weighted by Crippen LogP contribution is -2.55. The fourth-order valence-electron chi connectivity index (χ4n) is 1.33. The average Bonchev–Trinajstić information content (AvgIpc) is 2.41. The topological polar surface area (TPSA) is 61.5 Å². The summed E-state index contributed by atoms with van der Waals surface area (Å²) >= 11 is 1.29. The van der Waals surface area contributed by atoms with Crippen LogP contribution in [0.1, 0.15) is 0 Å². The van der Waals surface area contributed by atoms with Crippen LogP contribution in [0.15, 0.2) is 29.2 Å². The molecule has 1 atom stereocenters. The molecular formula is C8H11N3OS. The highest BCUT2D eigenvalue weighted by Gasteiger charge is 2.40. The lowest BCUT2D eigenvalue weighted by molar-refractivity contribution is 0.104. The van der Waals surface area contributed by atoms with Crippen LogP contribution in [0, 0.1) is 0 Å². The van der Waals surface area contributed by atoms with Crippen LogP contribution in [0.2, 0.25) is 0 Å². The molecule has 4 N–H and O–H groups in total. The first-order chi connectivity index (χ1) is 6.17. The maximum Gasteiger partial charge on any atom is 0.264 e. The average molecular weight is 197 g/mol. The number of para-hydroxylation sites is 1. The highest BCUT2D eigenvalue weighted by Crippen LogP contribution is 2.45. The molecule has 0 bridgehead atoms. The summed E-state index contributed by atoms with van der Waals surface area (Å²) in [4.78, 5) is 2.72. The minimum Gasteiger partial charge on any atom is -0.349 e. The summed E-state index contributed by atoms with van der Waals surface area (Å²) in [5, 5.41) is 8.72. The monoisotopic (exact) mass is 197 g/mol. The van der Waals surface area contributed by atoms with E-state index in [2.05, 4.69) is 5.43 Å². The molecule has 0 saturated heterocycles. The van der Waals surface area contributed by atoms with Crippen molar-refractivity contribution in [3.05, 3.63) is 24.3 Å². The Labute approximate surface area is 80.7 Å². The molecule has 0 spiro atoms. The van der Waals surface area contributed by atoms with E-state index in [4.69, 9.17) is 5.84 Å². The Morgan fingerprint density at radius 2 is 2.23 bits per heavy atom. The third kappa shape index (κ3) is 1.21. The summed E-state index contributed by atoms with van der Waals surface area (Å²) in [5.74, 6) is 5.28. The van der Waals surface area contributed by atoms with Gasteiger partial charge in [-0.1, -0.05) is 12.1 Å². The molecule has 0 saturated carbocycles. The van der Waals surface area contributed by atoms with Crippen LogP contribution in [0.5, 0.6) is 0 Å². The van der Waals surface area contributed by atoms with Crippen LogP contribution >= 0.6 is 11.8 Å². The van der Waals surface area contributed by atoms with E-state index in [0.29, 0.717) is 0 Å². The number of anilines is 1. The number of thioether (sulfide) groups is 1. The first-order valence-electron chi connectivity index (χ1n) is 3.89. The maximum atomic E-state index is 9.94. The van der Waals surface area contributed by atoms with Crippen LogP contribution in [0.25, 0.3) is 0 Å². The van der Waals surface area contributed by atoms with E-state index in [0.717, 1.165) is 10.6 Å². The highest BCUT2D eigenvalue weighted by atomic mass is 32.2. The molecule has 0 amide bonds. The zero-order valence-electron chi connectivity index (χ0n) is 7.19. The minimum atomic E-state index is -1.22. The van der Waals surface area contributed by atoms with Gasteiger partial charge in [-0.15, -0.1) is 0 Å². The number of nitrogens with two attached hydrogens (primary N) is 1. The second kappa shape index (κ2) is 2.88. The van der Waals surface area contributed by atoms with Crippen LogP contribution in [-0.2, 0) is 0 Å². The van der Waals surface area contributed by atoms with Gasteiger partial charge in [-0.2, -0.15) is 0 Å². The Balaban J connectivity index is 2.43. The predicted molar refractivity (Wildman–Crippen MR) is 53.0 cm³/mol. The minimum absolute atomic E-state index is 0.980. The molecule has 1 aliphatic rings. The predicted octanol–water partition coefficient (Wildman–Crippen LogP) is 0.295. The van der Waals surface area contributed by atoms with E-state index < -0.39 is 5.18 Å². The van der Waals surface area contributed by atoms with E-state index in [1.165, 1.54) is 11.8 Å². The number of aliphatic hydroxyl groups is 1. The van der Waals surface area contributed by atoms with E-state index in [-0.39, 0.29) is 0 Å². The maximum absolute atomic E-state index is 9.94. The third-order valence-corrected chi connectivity index (χ3v) is 3.36. The molecule has 1 aliphatic heterocycles. The number of hydrogen-bond acceptors (Lipinski definition) is 5. The Morgan fingerprint density at radius 3 is 2.85 bits per heavy atom. The molecule has 0 unspecified atom stereocenters. The Morgan fingerprint density at radius 1 is 1.54 bits per heavy atom. The number of nitrogens with one attached hydrogen (secondary N) is 1. The number of hydrogen-bond donors (Lipinski definition) is 3. The molecule has 1 aromatic rings. The van der Waals surface area contributed by atoms with Gasteiger partial charge in [0, 0.05) is 11.9 Å². The first-order valence-corrected chi connectivity index (χ1v) is 4.71. The van der Waals surface area contributed by atoms with Gasteiger partial charge < -0.3 is 10.0 Å². The molecule has 4 nitrogen and oxygen atoms in total. The van der Waals surface area contributed by atoms with Crippen LogP contribution < -0.4 is 16.2 Å². The van der Waals surface area contributed by atoms with E-state index in [1.807, 2.05) is 24.3 Å². The van der Waals surface area contributed by atoms with Crippen LogP contribution in [-0.4, -0.2) is 17.3 Å². The summed E-state index contributed by atoms with van der Waals surface area (Å²) in [6, 6.07) is 7.75. The highest BCUT2D eigenvalue weighted by molar-refractivity contribution is 8.01. The molecule has 13 heavy (non-hydrogen) atoms. The van der Waals surface area contributed by atoms with Gasteiger partial charge in [0.05, 0.1) is 5.69 Å². The van der Waals surface area contributed by atoms with Gasteiger partial charge in [0.15, 0.2) is 0 Å². The third-order valence-electron chi connectivity index (χ3n) is 2.12. The normalized spacial score (nSPS) is 26.2. The Bertz CT molecular complexity index is 333. The van der Waals surface area contributed by atoms with Crippen molar-refractivity contribution in [2.45, 2.75) is 10.1 Å². The molecule has 0 radical (unpaired) electrons. The van der Waals surface area contributed by atoms with Crippen molar-refractivity contribution in [3.63, 3.8) is 0 Å². The molecule has 0 aromatic heterocycles. The van der Waals surface area contributed by atoms with Gasteiger partial charge in [-0.25, -0.2) is 5.43 Å². The Hall–Kier alpha value is -0.750. The molecule has 1 aromatic carbocycles. The van der Waals surface area contributed by atoms with Gasteiger partial charge in [0.25, 0.3) is 5.18 Å². The molecule has 70 valence electrons. The van der Waals surface area contributed by atoms with Gasteiger partial charge in [0.2, 0.25) is 0 Å². The van der Waals surface area contributed by atoms with Crippen LogP contribution in [0.3, 0.4) is 0 Å². The molecular weight excluding hydrogens is 186 g/mol. The lowest BCUT2D eigenvalue weighted by Gasteiger charge is -2.29. The van der Waals surface area contributed by atoms with E-state index >= 15 is 0 Å². The smallest absolute Gasteiger partial charge is 0.264 e. The van der Waals surface area contributed by atoms with Crippen molar-refractivity contribution >= 4 is 17.4 Å². The van der Waals surface area contributed by atoms with E-state index in [9.17, 15) is 5.11 Å². The van der Waals surface area contributed by atoms with Gasteiger partial charge in [-0.05, 0) is 23.9 Å². The summed E-state index contributed by atoms with van der Waals surface area (Å²) in [6.07, 6.45) is 0. The van der Waals surface area contributed by atoms with Gasteiger partial charge in [0.1, 0.15) is 0 Å².